The summed E-state index contributed by atoms with van der Waals surface area (Å²) >= 11 is 0. The summed E-state index contributed by atoms with van der Waals surface area (Å²) in [6.07, 6.45) is 7.42. The van der Waals surface area contributed by atoms with Crippen LogP contribution in [0.4, 0.5) is 0 Å². The van der Waals surface area contributed by atoms with Gasteiger partial charge in [-0.2, -0.15) is 0 Å². The molecule has 1 nitrogen and oxygen atoms in total. The first-order chi connectivity index (χ1) is 7.22. The molecule has 0 saturated heterocycles. The molecule has 0 rings (SSSR count). The molecule has 0 unspecified atom stereocenters. The highest BCUT2D eigenvalue weighted by molar-refractivity contribution is 5.88. The lowest BCUT2D eigenvalue weighted by atomic mass is 9.72. The fourth-order valence-corrected chi connectivity index (χ4v) is 2.30. The minimum Gasteiger partial charge on any atom is -0.299 e. The van der Waals surface area contributed by atoms with E-state index in [4.69, 9.17) is 0 Å². The van der Waals surface area contributed by atoms with Crippen LogP contribution in [0.1, 0.15) is 80.1 Å². The standard InChI is InChI=1S/C15H30O/c1-7-8-9-10-11-12-15(5,6)13(16)14(2,3)4/h7-12H2,1-6H3. The van der Waals surface area contributed by atoms with Gasteiger partial charge in [0.1, 0.15) is 5.78 Å². The third-order valence-corrected chi connectivity index (χ3v) is 3.20. The van der Waals surface area contributed by atoms with Crippen LogP contribution < -0.4 is 0 Å². The molecule has 1 heteroatoms. The third kappa shape index (κ3) is 5.67. The fraction of sp³-hybridized carbons (Fsp3) is 0.933. The Kier molecular flexibility index (Phi) is 6.28. The highest BCUT2D eigenvalue weighted by Gasteiger charge is 2.35. The Hall–Kier alpha value is -0.330. The number of carbonyl (C=O) groups excluding carboxylic acids is 1. The lowest BCUT2D eigenvalue weighted by Gasteiger charge is -2.30. The number of hydrogen-bond acceptors (Lipinski definition) is 1. The lowest BCUT2D eigenvalue weighted by molar-refractivity contribution is -0.135. The molecule has 0 amide bonds. The zero-order chi connectivity index (χ0) is 12.8. The van der Waals surface area contributed by atoms with Gasteiger partial charge in [0, 0.05) is 10.8 Å². The topological polar surface area (TPSA) is 17.1 Å². The molecule has 0 fully saturated rings. The molecule has 0 radical (unpaired) electrons. The normalized spacial score (nSPS) is 12.9. The van der Waals surface area contributed by atoms with Crippen molar-refractivity contribution in [3.05, 3.63) is 0 Å². The van der Waals surface area contributed by atoms with Crippen molar-refractivity contribution in [1.29, 1.82) is 0 Å². The Bertz CT molecular complexity index is 208. The van der Waals surface area contributed by atoms with Gasteiger partial charge in [-0.1, -0.05) is 73.6 Å². The summed E-state index contributed by atoms with van der Waals surface area (Å²) < 4.78 is 0. The molecule has 0 atom stereocenters. The van der Waals surface area contributed by atoms with Crippen molar-refractivity contribution >= 4 is 5.78 Å². The predicted molar refractivity (Wildman–Crippen MR) is 71.6 cm³/mol. The first-order valence-corrected chi connectivity index (χ1v) is 6.76. The molecule has 0 aliphatic rings. The third-order valence-electron chi connectivity index (χ3n) is 3.20. The van der Waals surface area contributed by atoms with Crippen molar-refractivity contribution in [3.63, 3.8) is 0 Å². The number of ketones is 1. The fourth-order valence-electron chi connectivity index (χ4n) is 2.30. The molecule has 0 aromatic rings. The molecule has 0 aromatic heterocycles. The molecule has 0 saturated carbocycles. The number of rotatable bonds is 7. The molecule has 0 aliphatic heterocycles. The van der Waals surface area contributed by atoms with Crippen molar-refractivity contribution in [2.24, 2.45) is 10.8 Å². The number of Topliss-reactive ketones (excluding diaryl/α,β-unsaturated/α-hetero) is 1. The maximum absolute atomic E-state index is 12.2. The van der Waals surface area contributed by atoms with Gasteiger partial charge in [-0.05, 0) is 6.42 Å². The molecular weight excluding hydrogens is 196 g/mol. The van der Waals surface area contributed by atoms with Crippen LogP contribution in [0.2, 0.25) is 0 Å². The average Bonchev–Trinajstić information content (AvgIpc) is 2.15. The van der Waals surface area contributed by atoms with E-state index < -0.39 is 0 Å². The molecule has 0 N–H and O–H groups in total. The minimum absolute atomic E-state index is 0.148. The van der Waals surface area contributed by atoms with Crippen molar-refractivity contribution in [3.8, 4) is 0 Å². The van der Waals surface area contributed by atoms with Gasteiger partial charge in [0.05, 0.1) is 0 Å². The van der Waals surface area contributed by atoms with E-state index in [1.165, 1.54) is 32.1 Å². The van der Waals surface area contributed by atoms with E-state index in [-0.39, 0.29) is 10.8 Å². The SMILES string of the molecule is CCCCCCCC(C)(C)C(=O)C(C)(C)C. The maximum atomic E-state index is 12.2. The minimum atomic E-state index is -0.201. The van der Waals surface area contributed by atoms with Crippen molar-refractivity contribution in [1.82, 2.24) is 0 Å². The van der Waals surface area contributed by atoms with E-state index in [1.54, 1.807) is 0 Å². The van der Waals surface area contributed by atoms with Crippen molar-refractivity contribution in [2.45, 2.75) is 80.1 Å². The van der Waals surface area contributed by atoms with Crippen LogP contribution in [0.3, 0.4) is 0 Å². The molecule has 0 aliphatic carbocycles. The smallest absolute Gasteiger partial charge is 0.143 e. The van der Waals surface area contributed by atoms with Gasteiger partial charge >= 0.3 is 0 Å². The van der Waals surface area contributed by atoms with E-state index in [2.05, 4.69) is 20.8 Å². The van der Waals surface area contributed by atoms with Crippen LogP contribution in [0.5, 0.6) is 0 Å². The van der Waals surface area contributed by atoms with Gasteiger partial charge in [-0.3, -0.25) is 4.79 Å². The number of unbranched alkanes of at least 4 members (excludes halogenated alkanes) is 4. The maximum Gasteiger partial charge on any atom is 0.143 e. The second kappa shape index (κ2) is 6.42. The Labute approximate surface area is 102 Å². The summed E-state index contributed by atoms with van der Waals surface area (Å²) in [5.41, 5.74) is -0.350. The van der Waals surface area contributed by atoms with Crippen molar-refractivity contribution < 1.29 is 4.79 Å². The van der Waals surface area contributed by atoms with Gasteiger partial charge in [0.15, 0.2) is 0 Å². The first kappa shape index (κ1) is 15.7. The average molecular weight is 226 g/mol. The van der Waals surface area contributed by atoms with E-state index in [1.807, 2.05) is 20.8 Å². The molecule has 0 heterocycles. The van der Waals surface area contributed by atoms with Gasteiger partial charge < -0.3 is 0 Å². The zero-order valence-corrected chi connectivity index (χ0v) is 12.2. The van der Waals surface area contributed by atoms with Gasteiger partial charge in [0.25, 0.3) is 0 Å². The molecule has 16 heavy (non-hydrogen) atoms. The second-order valence-electron chi connectivity index (χ2n) is 6.63. The summed E-state index contributed by atoms with van der Waals surface area (Å²) in [6, 6.07) is 0. The molecule has 0 bridgehead atoms. The van der Waals surface area contributed by atoms with Crippen LogP contribution in [0, 0.1) is 10.8 Å². The van der Waals surface area contributed by atoms with E-state index in [9.17, 15) is 4.79 Å². The molecule has 0 spiro atoms. The Morgan fingerprint density at radius 1 is 0.875 bits per heavy atom. The van der Waals surface area contributed by atoms with Crippen molar-refractivity contribution in [2.75, 3.05) is 0 Å². The molecule has 0 aromatic carbocycles. The first-order valence-electron chi connectivity index (χ1n) is 6.76. The van der Waals surface area contributed by atoms with Crippen LogP contribution in [-0.2, 0) is 4.79 Å². The Morgan fingerprint density at radius 2 is 1.38 bits per heavy atom. The van der Waals surface area contributed by atoms with E-state index >= 15 is 0 Å². The number of hydrogen-bond donors (Lipinski definition) is 0. The quantitative estimate of drug-likeness (QED) is 0.559. The monoisotopic (exact) mass is 226 g/mol. The van der Waals surface area contributed by atoms with Gasteiger partial charge in [0.2, 0.25) is 0 Å². The van der Waals surface area contributed by atoms with Crippen LogP contribution >= 0.6 is 0 Å². The summed E-state index contributed by atoms with van der Waals surface area (Å²) in [5, 5.41) is 0. The Morgan fingerprint density at radius 3 is 1.81 bits per heavy atom. The largest absolute Gasteiger partial charge is 0.299 e. The Balaban J connectivity index is 4.00. The second-order valence-corrected chi connectivity index (χ2v) is 6.63. The zero-order valence-electron chi connectivity index (χ0n) is 12.2. The predicted octanol–water partition coefficient (Wildman–Crippen LogP) is 4.99. The van der Waals surface area contributed by atoms with Gasteiger partial charge in [-0.25, -0.2) is 0 Å². The summed E-state index contributed by atoms with van der Waals surface area (Å²) in [6.45, 7) is 12.5. The molecular formula is C15H30O. The summed E-state index contributed by atoms with van der Waals surface area (Å²) in [7, 11) is 0. The van der Waals surface area contributed by atoms with Crippen LogP contribution in [0.15, 0.2) is 0 Å². The van der Waals surface area contributed by atoms with E-state index in [0.717, 1.165) is 6.42 Å². The highest BCUT2D eigenvalue weighted by Crippen LogP contribution is 2.33. The lowest BCUT2D eigenvalue weighted by Crippen LogP contribution is -2.34. The van der Waals surface area contributed by atoms with Crippen LogP contribution in [-0.4, -0.2) is 5.78 Å². The summed E-state index contributed by atoms with van der Waals surface area (Å²) in [5.74, 6) is 0.399. The molecule has 96 valence electrons. The van der Waals surface area contributed by atoms with E-state index in [0.29, 0.717) is 5.78 Å². The summed E-state index contributed by atoms with van der Waals surface area (Å²) in [4.78, 5) is 12.2. The van der Waals surface area contributed by atoms with Gasteiger partial charge in [-0.15, -0.1) is 0 Å². The highest BCUT2D eigenvalue weighted by atomic mass is 16.1. The number of carbonyl (C=O) groups is 1. The van der Waals surface area contributed by atoms with Crippen LogP contribution in [0.25, 0.3) is 0 Å².